The Morgan fingerprint density at radius 1 is 1.24 bits per heavy atom. The Bertz CT molecular complexity index is 612. The summed E-state index contributed by atoms with van der Waals surface area (Å²) in [4.78, 5) is 4.54. The van der Waals surface area contributed by atoms with Crippen LogP contribution in [0.4, 0.5) is 0 Å². The third-order valence-corrected chi connectivity index (χ3v) is 5.09. The van der Waals surface area contributed by atoms with E-state index in [0.29, 0.717) is 0 Å². The van der Waals surface area contributed by atoms with E-state index >= 15 is 0 Å². The molecule has 1 fully saturated rings. The maximum absolute atomic E-state index is 6.66. The van der Waals surface area contributed by atoms with Crippen molar-refractivity contribution in [3.05, 3.63) is 42.1 Å². The first-order valence-electron chi connectivity index (χ1n) is 7.81. The monoisotopic (exact) mass is 284 g/mol. The third kappa shape index (κ3) is 2.56. The van der Waals surface area contributed by atoms with Crippen molar-refractivity contribution >= 4 is 10.9 Å². The van der Waals surface area contributed by atoms with Crippen LogP contribution in [0.25, 0.3) is 10.9 Å². The minimum absolute atomic E-state index is 0.131. The number of rotatable bonds is 3. The Kier molecular flexibility index (Phi) is 3.96. The Morgan fingerprint density at radius 3 is 2.67 bits per heavy atom. The molecule has 1 heterocycles. The van der Waals surface area contributed by atoms with Gasteiger partial charge in [-0.3, -0.25) is 4.98 Å². The average molecular weight is 284 g/mol. The molecule has 0 amide bonds. The molecule has 0 bridgehead atoms. The molecule has 112 valence electrons. The minimum atomic E-state index is -0.252. The molecule has 1 atom stereocenters. The fourth-order valence-corrected chi connectivity index (χ4v) is 3.56. The highest BCUT2D eigenvalue weighted by Gasteiger charge is 2.41. The van der Waals surface area contributed by atoms with Crippen molar-refractivity contribution in [1.29, 1.82) is 0 Å². The number of hydrogen-bond acceptors (Lipinski definition) is 3. The van der Waals surface area contributed by atoms with Crippen LogP contribution in [0, 0.1) is 5.92 Å². The van der Waals surface area contributed by atoms with Crippen LogP contribution >= 0.6 is 0 Å². The lowest BCUT2D eigenvalue weighted by Gasteiger charge is -2.42. The minimum Gasteiger partial charge on any atom is -0.376 e. The maximum Gasteiger partial charge on any atom is 0.0871 e. The van der Waals surface area contributed by atoms with Crippen LogP contribution < -0.4 is 5.73 Å². The van der Waals surface area contributed by atoms with E-state index < -0.39 is 0 Å². The van der Waals surface area contributed by atoms with Gasteiger partial charge in [-0.2, -0.15) is 0 Å². The summed E-state index contributed by atoms with van der Waals surface area (Å²) in [6.45, 7) is 2.31. The van der Waals surface area contributed by atoms with Crippen LogP contribution in [0.2, 0.25) is 0 Å². The lowest BCUT2D eigenvalue weighted by Crippen LogP contribution is -2.45. The molecule has 3 rings (SSSR count). The summed E-state index contributed by atoms with van der Waals surface area (Å²) >= 11 is 0. The molecule has 0 spiro atoms. The van der Waals surface area contributed by atoms with E-state index in [1.807, 2.05) is 12.3 Å². The highest BCUT2D eigenvalue weighted by atomic mass is 16.5. The Morgan fingerprint density at radius 2 is 1.95 bits per heavy atom. The van der Waals surface area contributed by atoms with Crippen LogP contribution in [0.3, 0.4) is 0 Å². The first-order chi connectivity index (χ1) is 10.2. The molecule has 3 nitrogen and oxygen atoms in total. The van der Waals surface area contributed by atoms with E-state index in [-0.39, 0.29) is 11.6 Å². The highest BCUT2D eigenvalue weighted by molar-refractivity contribution is 5.82. The van der Waals surface area contributed by atoms with E-state index in [0.717, 1.165) is 35.2 Å². The maximum atomic E-state index is 6.66. The number of nitrogens with two attached hydrogens (primary N) is 1. The Labute approximate surface area is 126 Å². The molecular weight excluding hydrogens is 260 g/mol. The Hall–Kier alpha value is -1.45. The number of benzene rings is 1. The van der Waals surface area contributed by atoms with Crippen LogP contribution in [0.1, 0.15) is 44.2 Å². The zero-order chi connectivity index (χ0) is 14.9. The van der Waals surface area contributed by atoms with Gasteiger partial charge in [-0.15, -0.1) is 0 Å². The standard InChI is InChI=1S/C18H24N2O/c1-13-8-10-18(21-2,11-9-13)17(19)15-7-3-5-14-6-4-12-20-16(14)15/h3-7,12-13,17H,8-11,19H2,1-2H3. The molecule has 1 saturated carbocycles. The molecule has 21 heavy (non-hydrogen) atoms. The molecule has 0 radical (unpaired) electrons. The van der Waals surface area contributed by atoms with Gasteiger partial charge in [-0.05, 0) is 43.2 Å². The molecule has 2 aromatic rings. The molecular formula is C18H24N2O. The topological polar surface area (TPSA) is 48.1 Å². The molecule has 1 unspecified atom stereocenters. The quantitative estimate of drug-likeness (QED) is 0.931. The molecule has 1 aliphatic carbocycles. The van der Waals surface area contributed by atoms with E-state index in [1.165, 1.54) is 12.8 Å². The summed E-state index contributed by atoms with van der Waals surface area (Å²) in [6.07, 6.45) is 6.24. The van der Waals surface area contributed by atoms with Crippen molar-refractivity contribution in [2.75, 3.05) is 7.11 Å². The molecule has 1 aromatic carbocycles. The van der Waals surface area contributed by atoms with Gasteiger partial charge in [-0.1, -0.05) is 31.2 Å². The Balaban J connectivity index is 2.01. The van der Waals surface area contributed by atoms with Gasteiger partial charge in [0.25, 0.3) is 0 Å². The highest BCUT2D eigenvalue weighted by Crippen LogP contribution is 2.42. The zero-order valence-electron chi connectivity index (χ0n) is 12.9. The zero-order valence-corrected chi connectivity index (χ0v) is 12.9. The second-order valence-corrected chi connectivity index (χ2v) is 6.35. The second kappa shape index (κ2) is 5.74. The van der Waals surface area contributed by atoms with Gasteiger partial charge in [0.1, 0.15) is 0 Å². The molecule has 2 N–H and O–H groups in total. The summed E-state index contributed by atoms with van der Waals surface area (Å²) in [5.74, 6) is 0.770. The molecule has 0 aliphatic heterocycles. The summed E-state index contributed by atoms with van der Waals surface area (Å²) in [7, 11) is 1.80. The van der Waals surface area contributed by atoms with Crippen molar-refractivity contribution in [3.8, 4) is 0 Å². The van der Waals surface area contributed by atoms with Gasteiger partial charge in [0.15, 0.2) is 0 Å². The van der Waals surface area contributed by atoms with Crippen LogP contribution in [0.5, 0.6) is 0 Å². The summed E-state index contributed by atoms with van der Waals surface area (Å²) in [5, 5.41) is 1.14. The van der Waals surface area contributed by atoms with Crippen LogP contribution in [-0.4, -0.2) is 17.7 Å². The van der Waals surface area contributed by atoms with E-state index in [9.17, 15) is 0 Å². The number of para-hydroxylation sites is 1. The summed E-state index contributed by atoms with van der Waals surface area (Å²) in [5.41, 5.74) is 8.51. The first-order valence-corrected chi connectivity index (χ1v) is 7.81. The number of methoxy groups -OCH3 is 1. The van der Waals surface area contributed by atoms with Crippen LogP contribution in [-0.2, 0) is 4.74 Å². The number of aromatic nitrogens is 1. The lowest BCUT2D eigenvalue weighted by atomic mass is 9.73. The third-order valence-electron chi connectivity index (χ3n) is 5.09. The number of hydrogen-bond donors (Lipinski definition) is 1. The van der Waals surface area contributed by atoms with Gasteiger partial charge in [0.2, 0.25) is 0 Å². The second-order valence-electron chi connectivity index (χ2n) is 6.35. The fraction of sp³-hybridized carbons (Fsp3) is 0.500. The van der Waals surface area contributed by atoms with Crippen molar-refractivity contribution in [1.82, 2.24) is 4.98 Å². The van der Waals surface area contributed by atoms with Gasteiger partial charge in [0, 0.05) is 18.7 Å². The number of pyridine rings is 1. The first kappa shape index (κ1) is 14.5. The molecule has 1 aromatic heterocycles. The average Bonchev–Trinajstić information content (AvgIpc) is 2.55. The van der Waals surface area contributed by atoms with Crippen molar-refractivity contribution < 1.29 is 4.74 Å². The van der Waals surface area contributed by atoms with E-state index in [1.54, 1.807) is 7.11 Å². The van der Waals surface area contributed by atoms with Gasteiger partial charge >= 0.3 is 0 Å². The normalized spacial score (nSPS) is 27.7. The smallest absolute Gasteiger partial charge is 0.0871 e. The van der Waals surface area contributed by atoms with Gasteiger partial charge < -0.3 is 10.5 Å². The summed E-state index contributed by atoms with van der Waals surface area (Å²) in [6, 6.07) is 10.2. The fourth-order valence-electron chi connectivity index (χ4n) is 3.56. The predicted octanol–water partition coefficient (Wildman–Crippen LogP) is 3.83. The number of nitrogens with zero attached hydrogens (tertiary/aromatic N) is 1. The molecule has 1 aliphatic rings. The van der Waals surface area contributed by atoms with Crippen molar-refractivity contribution in [3.63, 3.8) is 0 Å². The predicted molar refractivity (Wildman–Crippen MR) is 86.0 cm³/mol. The van der Waals surface area contributed by atoms with E-state index in [4.69, 9.17) is 10.5 Å². The van der Waals surface area contributed by atoms with Gasteiger partial charge in [-0.25, -0.2) is 0 Å². The molecule has 0 saturated heterocycles. The largest absolute Gasteiger partial charge is 0.376 e. The van der Waals surface area contributed by atoms with Gasteiger partial charge in [0.05, 0.1) is 17.2 Å². The SMILES string of the molecule is COC1(C(N)c2cccc3cccnc23)CCC(C)CC1. The summed E-state index contributed by atoms with van der Waals surface area (Å²) < 4.78 is 5.94. The number of fused-ring (bicyclic) bond motifs is 1. The van der Waals surface area contributed by atoms with Crippen molar-refractivity contribution in [2.24, 2.45) is 11.7 Å². The number of ether oxygens (including phenoxy) is 1. The van der Waals surface area contributed by atoms with Crippen LogP contribution in [0.15, 0.2) is 36.5 Å². The lowest BCUT2D eigenvalue weighted by molar-refractivity contribution is -0.0669. The van der Waals surface area contributed by atoms with E-state index in [2.05, 4.69) is 36.2 Å². The molecule has 3 heteroatoms. The van der Waals surface area contributed by atoms with Crippen molar-refractivity contribution in [2.45, 2.75) is 44.2 Å².